The minimum absolute atomic E-state index is 0.114. The standard InChI is InChI=1S/C13H18BrF2NS/c1-4-8(2)18-7-11(17-3)12-10(15)6-5-9(14)13(12)16/h5-6,8,11,17H,4,7H2,1-3H3. The Hall–Kier alpha value is -0.130. The van der Waals surface area contributed by atoms with Gasteiger partial charge in [-0.3, -0.25) is 0 Å². The number of halogens is 3. The van der Waals surface area contributed by atoms with Crippen molar-refractivity contribution >= 4 is 27.7 Å². The SMILES string of the molecule is CCC(C)SCC(NC)c1c(F)ccc(Br)c1F. The molecule has 0 aliphatic heterocycles. The van der Waals surface area contributed by atoms with E-state index in [1.807, 2.05) is 0 Å². The van der Waals surface area contributed by atoms with Crippen LogP contribution in [-0.4, -0.2) is 18.1 Å². The maximum Gasteiger partial charge on any atom is 0.145 e. The first-order chi connectivity index (χ1) is 8.51. The van der Waals surface area contributed by atoms with E-state index < -0.39 is 11.6 Å². The van der Waals surface area contributed by atoms with Crippen molar-refractivity contribution in [1.82, 2.24) is 5.32 Å². The molecule has 0 aromatic heterocycles. The van der Waals surface area contributed by atoms with Gasteiger partial charge in [-0.25, -0.2) is 8.78 Å². The fourth-order valence-corrected chi connectivity index (χ4v) is 2.99. The van der Waals surface area contributed by atoms with Gasteiger partial charge in [-0.05, 0) is 41.5 Å². The number of hydrogen-bond acceptors (Lipinski definition) is 2. The van der Waals surface area contributed by atoms with E-state index in [-0.39, 0.29) is 11.6 Å². The molecule has 0 aliphatic rings. The van der Waals surface area contributed by atoms with E-state index in [0.717, 1.165) is 6.42 Å². The summed E-state index contributed by atoms with van der Waals surface area (Å²) in [6.07, 6.45) is 1.05. The molecule has 0 aliphatic carbocycles. The maximum absolute atomic E-state index is 14.0. The quantitative estimate of drug-likeness (QED) is 0.766. The molecule has 0 bridgehead atoms. The average molecular weight is 338 g/mol. The van der Waals surface area contributed by atoms with Gasteiger partial charge in [0, 0.05) is 22.6 Å². The topological polar surface area (TPSA) is 12.0 Å². The molecule has 1 N–H and O–H groups in total. The van der Waals surface area contributed by atoms with Crippen LogP contribution in [-0.2, 0) is 0 Å². The van der Waals surface area contributed by atoms with Crippen molar-refractivity contribution in [3.8, 4) is 0 Å². The molecule has 1 rings (SSSR count). The van der Waals surface area contributed by atoms with Gasteiger partial charge >= 0.3 is 0 Å². The van der Waals surface area contributed by atoms with Gasteiger partial charge in [0.15, 0.2) is 0 Å². The molecule has 5 heteroatoms. The van der Waals surface area contributed by atoms with Gasteiger partial charge in [-0.1, -0.05) is 13.8 Å². The van der Waals surface area contributed by atoms with E-state index in [1.165, 1.54) is 12.1 Å². The summed E-state index contributed by atoms with van der Waals surface area (Å²) in [5, 5.41) is 3.47. The molecule has 1 nitrogen and oxygen atoms in total. The average Bonchev–Trinajstić information content (AvgIpc) is 2.37. The summed E-state index contributed by atoms with van der Waals surface area (Å²) in [5.41, 5.74) is 0.114. The van der Waals surface area contributed by atoms with Crippen LogP contribution in [0.15, 0.2) is 16.6 Å². The normalized spacial score (nSPS) is 14.6. The third-order valence-corrected chi connectivity index (χ3v) is 4.94. The Balaban J connectivity index is 2.91. The molecule has 18 heavy (non-hydrogen) atoms. The van der Waals surface area contributed by atoms with Crippen LogP contribution in [0.2, 0.25) is 0 Å². The minimum atomic E-state index is -0.515. The minimum Gasteiger partial charge on any atom is -0.312 e. The predicted molar refractivity (Wildman–Crippen MR) is 78.1 cm³/mol. The van der Waals surface area contributed by atoms with Crippen LogP contribution in [0.25, 0.3) is 0 Å². The van der Waals surface area contributed by atoms with Crippen LogP contribution in [0, 0.1) is 11.6 Å². The molecular formula is C13H18BrF2NS. The molecule has 2 unspecified atom stereocenters. The van der Waals surface area contributed by atoms with Crippen LogP contribution in [0.3, 0.4) is 0 Å². The predicted octanol–water partition coefficient (Wildman–Crippen LogP) is 4.52. The Morgan fingerprint density at radius 2 is 2.06 bits per heavy atom. The van der Waals surface area contributed by atoms with Gasteiger partial charge in [0.2, 0.25) is 0 Å². The highest BCUT2D eigenvalue weighted by Gasteiger charge is 2.21. The number of benzene rings is 1. The Kier molecular flexibility index (Phi) is 6.60. The smallest absolute Gasteiger partial charge is 0.145 e. The van der Waals surface area contributed by atoms with Crippen molar-refractivity contribution in [3.63, 3.8) is 0 Å². The summed E-state index contributed by atoms with van der Waals surface area (Å²) < 4.78 is 28.0. The van der Waals surface area contributed by atoms with E-state index in [0.29, 0.717) is 15.5 Å². The second-order valence-corrected chi connectivity index (χ2v) is 6.48. The number of rotatable bonds is 6. The fourth-order valence-electron chi connectivity index (χ4n) is 1.55. The molecule has 0 saturated heterocycles. The lowest BCUT2D eigenvalue weighted by Gasteiger charge is -2.20. The highest BCUT2D eigenvalue weighted by molar-refractivity contribution is 9.10. The first kappa shape index (κ1) is 15.9. The van der Waals surface area contributed by atoms with Crippen molar-refractivity contribution in [2.45, 2.75) is 31.6 Å². The van der Waals surface area contributed by atoms with Crippen molar-refractivity contribution in [3.05, 3.63) is 33.8 Å². The van der Waals surface area contributed by atoms with Gasteiger partial charge in [0.05, 0.1) is 4.47 Å². The van der Waals surface area contributed by atoms with Gasteiger partial charge in [-0.15, -0.1) is 0 Å². The monoisotopic (exact) mass is 337 g/mol. The molecule has 1 aromatic carbocycles. The van der Waals surface area contributed by atoms with Crippen molar-refractivity contribution in [1.29, 1.82) is 0 Å². The third kappa shape index (κ3) is 3.93. The number of nitrogens with one attached hydrogen (secondary N) is 1. The van der Waals surface area contributed by atoms with Gasteiger partial charge in [0.25, 0.3) is 0 Å². The lowest BCUT2D eigenvalue weighted by Crippen LogP contribution is -2.22. The Morgan fingerprint density at radius 1 is 1.39 bits per heavy atom. The molecule has 2 atom stereocenters. The molecular weight excluding hydrogens is 320 g/mol. The molecule has 0 radical (unpaired) electrons. The van der Waals surface area contributed by atoms with Gasteiger partial charge in [0.1, 0.15) is 11.6 Å². The second-order valence-electron chi connectivity index (χ2n) is 4.15. The molecule has 1 aromatic rings. The zero-order valence-electron chi connectivity index (χ0n) is 10.8. The van der Waals surface area contributed by atoms with Crippen LogP contribution in [0.1, 0.15) is 31.9 Å². The first-order valence-electron chi connectivity index (χ1n) is 5.93. The fraction of sp³-hybridized carbons (Fsp3) is 0.538. The molecule has 0 heterocycles. The van der Waals surface area contributed by atoms with Crippen LogP contribution >= 0.6 is 27.7 Å². The highest BCUT2D eigenvalue weighted by atomic mass is 79.9. The van der Waals surface area contributed by atoms with Crippen molar-refractivity contribution < 1.29 is 8.78 Å². The zero-order chi connectivity index (χ0) is 13.7. The molecule has 0 amide bonds. The van der Waals surface area contributed by atoms with Crippen molar-refractivity contribution in [2.24, 2.45) is 0 Å². The molecule has 0 fully saturated rings. The Morgan fingerprint density at radius 3 is 2.61 bits per heavy atom. The van der Waals surface area contributed by atoms with Crippen LogP contribution < -0.4 is 5.32 Å². The van der Waals surface area contributed by atoms with Gasteiger partial charge in [-0.2, -0.15) is 11.8 Å². The zero-order valence-corrected chi connectivity index (χ0v) is 13.2. The van der Waals surface area contributed by atoms with Crippen molar-refractivity contribution in [2.75, 3.05) is 12.8 Å². The lowest BCUT2D eigenvalue weighted by molar-refractivity contribution is 0.509. The summed E-state index contributed by atoms with van der Waals surface area (Å²) in [5.74, 6) is -0.366. The largest absolute Gasteiger partial charge is 0.312 e. The van der Waals surface area contributed by atoms with E-state index in [9.17, 15) is 8.78 Å². The van der Waals surface area contributed by atoms with E-state index in [1.54, 1.807) is 18.8 Å². The summed E-state index contributed by atoms with van der Waals surface area (Å²) >= 11 is 4.81. The Labute approximate surface area is 120 Å². The summed E-state index contributed by atoms with van der Waals surface area (Å²) in [6.45, 7) is 4.22. The maximum atomic E-state index is 14.0. The Bertz CT molecular complexity index is 401. The highest BCUT2D eigenvalue weighted by Crippen LogP contribution is 2.29. The summed E-state index contributed by atoms with van der Waals surface area (Å²) in [7, 11) is 1.72. The van der Waals surface area contributed by atoms with E-state index >= 15 is 0 Å². The van der Waals surface area contributed by atoms with E-state index in [2.05, 4.69) is 35.1 Å². The van der Waals surface area contributed by atoms with Crippen LogP contribution in [0.4, 0.5) is 8.78 Å². The second kappa shape index (κ2) is 7.46. The molecule has 0 spiro atoms. The summed E-state index contributed by atoms with van der Waals surface area (Å²) in [4.78, 5) is 0. The number of hydrogen-bond donors (Lipinski definition) is 1. The van der Waals surface area contributed by atoms with Gasteiger partial charge < -0.3 is 5.32 Å². The third-order valence-electron chi connectivity index (χ3n) is 2.90. The molecule has 0 saturated carbocycles. The molecule has 102 valence electrons. The first-order valence-corrected chi connectivity index (χ1v) is 7.77. The van der Waals surface area contributed by atoms with E-state index in [4.69, 9.17) is 0 Å². The van der Waals surface area contributed by atoms with Crippen LogP contribution in [0.5, 0.6) is 0 Å². The lowest BCUT2D eigenvalue weighted by atomic mass is 10.1. The number of thioether (sulfide) groups is 1. The summed E-state index contributed by atoms with van der Waals surface area (Å²) in [6, 6.07) is 2.37.